The molecule has 2 heterocycles. The first-order valence-electron chi connectivity index (χ1n) is 8.83. The number of hydrogen-bond donors (Lipinski definition) is 1. The molecule has 0 bridgehead atoms. The zero-order chi connectivity index (χ0) is 17.4. The Kier molecular flexibility index (Phi) is 4.14. The van der Waals surface area contributed by atoms with Crippen LogP contribution >= 0.6 is 0 Å². The van der Waals surface area contributed by atoms with E-state index in [4.69, 9.17) is 0 Å². The first kappa shape index (κ1) is 16.0. The maximum absolute atomic E-state index is 10.8. The number of hydrogen-bond acceptors (Lipinski definition) is 4. The molecule has 0 saturated carbocycles. The highest BCUT2D eigenvalue weighted by Gasteiger charge is 2.30. The Labute approximate surface area is 148 Å². The van der Waals surface area contributed by atoms with Gasteiger partial charge in [0.2, 0.25) is 0 Å². The van der Waals surface area contributed by atoms with Gasteiger partial charge in [-0.15, -0.1) is 0 Å². The molecule has 1 fully saturated rings. The molecule has 2 aromatic carbocycles. The van der Waals surface area contributed by atoms with E-state index < -0.39 is 6.10 Å². The second-order valence-corrected chi connectivity index (χ2v) is 6.92. The molecule has 2 atom stereocenters. The smallest absolute Gasteiger partial charge is 0.135 e. The fourth-order valence-corrected chi connectivity index (χ4v) is 3.80. The number of fused-ring (bicyclic) bond motifs is 1. The molecule has 1 aromatic heterocycles. The molecule has 1 aliphatic heterocycles. The Bertz CT molecular complexity index is 909. The van der Waals surface area contributed by atoms with Crippen LogP contribution in [0.1, 0.15) is 29.2 Å². The molecular weight excluding hydrogens is 310 g/mol. The van der Waals surface area contributed by atoms with Crippen LogP contribution < -0.4 is 4.90 Å². The Morgan fingerprint density at radius 1 is 1.04 bits per heavy atom. The summed E-state index contributed by atoms with van der Waals surface area (Å²) in [5.74, 6) is 1.12. The minimum absolute atomic E-state index is 0.170. The molecule has 3 aromatic rings. The minimum Gasteiger partial charge on any atom is -0.391 e. The number of anilines is 1. The van der Waals surface area contributed by atoms with Gasteiger partial charge in [-0.25, -0.2) is 9.97 Å². The lowest BCUT2D eigenvalue weighted by Gasteiger charge is -2.37. The average Bonchev–Trinajstić information content (AvgIpc) is 2.63. The summed E-state index contributed by atoms with van der Waals surface area (Å²) in [7, 11) is 0. The summed E-state index contributed by atoms with van der Waals surface area (Å²) in [4.78, 5) is 10.9. The van der Waals surface area contributed by atoms with E-state index in [2.05, 4.69) is 57.3 Å². The Morgan fingerprint density at radius 3 is 2.64 bits per heavy atom. The molecule has 128 valence electrons. The molecule has 0 amide bonds. The average molecular weight is 333 g/mol. The second kappa shape index (κ2) is 6.45. The van der Waals surface area contributed by atoms with Crippen LogP contribution in [0.2, 0.25) is 0 Å². The van der Waals surface area contributed by atoms with Gasteiger partial charge in [0.15, 0.2) is 0 Å². The summed E-state index contributed by atoms with van der Waals surface area (Å²) in [6.07, 6.45) is 2.13. The fraction of sp³-hybridized carbons (Fsp3) is 0.333. The number of aryl methyl sites for hydroxylation is 1. The maximum atomic E-state index is 10.8. The van der Waals surface area contributed by atoms with Gasteiger partial charge < -0.3 is 10.0 Å². The van der Waals surface area contributed by atoms with Gasteiger partial charge in [0.1, 0.15) is 12.1 Å². The van der Waals surface area contributed by atoms with Crippen LogP contribution in [0.3, 0.4) is 0 Å². The van der Waals surface area contributed by atoms with Crippen molar-refractivity contribution >= 4 is 16.6 Å². The minimum atomic E-state index is -0.399. The van der Waals surface area contributed by atoms with Gasteiger partial charge in [0.05, 0.1) is 6.10 Å². The highest BCUT2D eigenvalue weighted by Crippen LogP contribution is 2.32. The molecule has 25 heavy (non-hydrogen) atoms. The summed E-state index contributed by atoms with van der Waals surface area (Å²) in [5, 5.41) is 13.3. The lowest BCUT2D eigenvalue weighted by atomic mass is 9.86. The molecule has 4 rings (SSSR count). The van der Waals surface area contributed by atoms with Crippen molar-refractivity contribution < 1.29 is 5.11 Å². The van der Waals surface area contributed by atoms with Crippen molar-refractivity contribution in [3.05, 3.63) is 65.6 Å². The van der Waals surface area contributed by atoms with Crippen LogP contribution in [0.4, 0.5) is 5.82 Å². The quantitative estimate of drug-likeness (QED) is 0.778. The maximum Gasteiger partial charge on any atom is 0.135 e. The summed E-state index contributed by atoms with van der Waals surface area (Å²) >= 11 is 0. The number of aliphatic hydroxyl groups excluding tert-OH is 1. The summed E-state index contributed by atoms with van der Waals surface area (Å²) in [5.41, 5.74) is 3.32. The van der Waals surface area contributed by atoms with Gasteiger partial charge in [-0.2, -0.15) is 0 Å². The van der Waals surface area contributed by atoms with Gasteiger partial charge in [-0.3, -0.25) is 0 Å². The number of piperidine rings is 1. The molecule has 1 N–H and O–H groups in total. The molecule has 0 unspecified atom stereocenters. The Balaban J connectivity index is 1.57. The van der Waals surface area contributed by atoms with E-state index >= 15 is 0 Å². The van der Waals surface area contributed by atoms with E-state index in [9.17, 15) is 5.11 Å². The van der Waals surface area contributed by atoms with Crippen LogP contribution in [0.5, 0.6) is 0 Å². The Morgan fingerprint density at radius 2 is 1.84 bits per heavy atom. The van der Waals surface area contributed by atoms with Crippen molar-refractivity contribution in [2.45, 2.75) is 32.3 Å². The molecule has 4 nitrogen and oxygen atoms in total. The second-order valence-electron chi connectivity index (χ2n) is 6.92. The van der Waals surface area contributed by atoms with Crippen LogP contribution in [-0.2, 0) is 0 Å². The van der Waals surface area contributed by atoms with E-state index in [0.29, 0.717) is 6.54 Å². The highest BCUT2D eigenvalue weighted by molar-refractivity contribution is 5.83. The molecule has 0 aliphatic carbocycles. The first-order chi connectivity index (χ1) is 12.1. The van der Waals surface area contributed by atoms with Crippen LogP contribution in [-0.4, -0.2) is 34.3 Å². The third-order valence-electron chi connectivity index (χ3n) is 5.39. The van der Waals surface area contributed by atoms with Gasteiger partial charge in [-0.1, -0.05) is 42.5 Å². The standard InChI is InChI=1S/C21H23N3O/c1-14-15(2)22-13-23-21(14)24-10-9-19(20(25)12-24)18-8-7-16-5-3-4-6-17(16)11-18/h3-8,11,13,19-20,25H,9-10,12H2,1-2H3/t19-,20+/m0/s1. The predicted molar refractivity (Wildman–Crippen MR) is 101 cm³/mol. The number of β-amino-alcohol motifs (C(OH)–C–C–N with tert-alkyl or cyclic N) is 1. The first-order valence-corrected chi connectivity index (χ1v) is 8.83. The lowest BCUT2D eigenvalue weighted by molar-refractivity contribution is 0.129. The topological polar surface area (TPSA) is 49.2 Å². The third-order valence-corrected chi connectivity index (χ3v) is 5.39. The molecule has 0 radical (unpaired) electrons. The third kappa shape index (κ3) is 2.98. The monoisotopic (exact) mass is 333 g/mol. The summed E-state index contributed by atoms with van der Waals surface area (Å²) in [6, 6.07) is 14.9. The molecule has 0 spiro atoms. The SMILES string of the molecule is Cc1ncnc(N2CC[C@@H](c3ccc4ccccc4c3)[C@H](O)C2)c1C. The molecule has 4 heteroatoms. The van der Waals surface area contributed by atoms with Gasteiger partial charge in [0.25, 0.3) is 0 Å². The fourth-order valence-electron chi connectivity index (χ4n) is 3.80. The van der Waals surface area contributed by atoms with E-state index in [0.717, 1.165) is 30.0 Å². The highest BCUT2D eigenvalue weighted by atomic mass is 16.3. The van der Waals surface area contributed by atoms with E-state index in [1.807, 2.05) is 13.8 Å². The van der Waals surface area contributed by atoms with Crippen LogP contribution in [0.25, 0.3) is 10.8 Å². The number of aromatic nitrogens is 2. The van der Waals surface area contributed by atoms with Crippen molar-refractivity contribution in [2.24, 2.45) is 0 Å². The van der Waals surface area contributed by atoms with E-state index in [1.54, 1.807) is 6.33 Å². The van der Waals surface area contributed by atoms with Crippen molar-refractivity contribution in [3.63, 3.8) is 0 Å². The largest absolute Gasteiger partial charge is 0.391 e. The summed E-state index contributed by atoms with van der Waals surface area (Å²) in [6.45, 7) is 5.55. The van der Waals surface area contributed by atoms with Crippen LogP contribution in [0.15, 0.2) is 48.8 Å². The number of rotatable bonds is 2. The molecular formula is C21H23N3O. The summed E-state index contributed by atoms with van der Waals surface area (Å²) < 4.78 is 0. The number of aliphatic hydroxyl groups is 1. The van der Waals surface area contributed by atoms with Crippen molar-refractivity contribution in [1.29, 1.82) is 0 Å². The van der Waals surface area contributed by atoms with E-state index in [-0.39, 0.29) is 5.92 Å². The zero-order valence-electron chi connectivity index (χ0n) is 14.7. The van der Waals surface area contributed by atoms with E-state index in [1.165, 1.54) is 16.3 Å². The molecule has 1 aliphatic rings. The van der Waals surface area contributed by atoms with Crippen molar-refractivity contribution in [2.75, 3.05) is 18.0 Å². The van der Waals surface area contributed by atoms with Crippen molar-refractivity contribution in [1.82, 2.24) is 9.97 Å². The normalized spacial score (nSPS) is 20.8. The van der Waals surface area contributed by atoms with Gasteiger partial charge in [-0.05, 0) is 36.6 Å². The molecule has 1 saturated heterocycles. The van der Waals surface area contributed by atoms with Crippen molar-refractivity contribution in [3.8, 4) is 0 Å². The zero-order valence-corrected chi connectivity index (χ0v) is 14.7. The Hall–Kier alpha value is -2.46. The van der Waals surface area contributed by atoms with Gasteiger partial charge in [0, 0.05) is 30.3 Å². The number of benzene rings is 2. The van der Waals surface area contributed by atoms with Crippen LogP contribution in [0, 0.1) is 13.8 Å². The lowest BCUT2D eigenvalue weighted by Crippen LogP contribution is -2.43. The number of nitrogens with zero attached hydrogens (tertiary/aromatic N) is 3. The van der Waals surface area contributed by atoms with Gasteiger partial charge >= 0.3 is 0 Å². The predicted octanol–water partition coefficient (Wildman–Crippen LogP) is 3.60.